The molecule has 23 heavy (non-hydrogen) atoms. The summed E-state index contributed by atoms with van der Waals surface area (Å²) in [5.41, 5.74) is 6.51. The van der Waals surface area contributed by atoms with Crippen LogP contribution >= 0.6 is 11.8 Å². The number of nitrogens with two attached hydrogens (primary N) is 1. The topological polar surface area (TPSA) is 96.7 Å². The molecule has 0 spiro atoms. The number of nitrogens with zero attached hydrogens (tertiary/aromatic N) is 2. The van der Waals surface area contributed by atoms with Gasteiger partial charge in [-0.05, 0) is 18.4 Å². The number of nitrogen functional groups attached to an aromatic ring is 1. The molecule has 1 aliphatic rings. The maximum absolute atomic E-state index is 12.8. The molecule has 122 valence electrons. The summed E-state index contributed by atoms with van der Waals surface area (Å²) in [7, 11) is 0. The first-order valence-corrected chi connectivity index (χ1v) is 8.80. The van der Waals surface area contributed by atoms with Gasteiger partial charge in [-0.2, -0.15) is 4.98 Å². The van der Waals surface area contributed by atoms with E-state index < -0.39 is 0 Å². The molecule has 7 heteroatoms. The van der Waals surface area contributed by atoms with Crippen molar-refractivity contribution in [2.75, 3.05) is 5.73 Å². The molecule has 1 aromatic heterocycles. The van der Waals surface area contributed by atoms with Gasteiger partial charge >= 0.3 is 0 Å². The molecule has 0 saturated heterocycles. The van der Waals surface area contributed by atoms with Crippen molar-refractivity contribution in [2.24, 2.45) is 0 Å². The van der Waals surface area contributed by atoms with Crippen molar-refractivity contribution in [1.29, 1.82) is 0 Å². The Morgan fingerprint density at radius 2 is 2.00 bits per heavy atom. The van der Waals surface area contributed by atoms with Gasteiger partial charge in [0.25, 0.3) is 0 Å². The number of hydrogen-bond donors (Lipinski definition) is 3. The maximum atomic E-state index is 12.8. The number of aromatic amines is 1. The average Bonchev–Trinajstić information content (AvgIpc) is 2.99. The van der Waals surface area contributed by atoms with E-state index in [1.807, 2.05) is 30.3 Å². The number of benzene rings is 1. The Hall–Kier alpha value is -2.02. The first-order valence-electron chi connectivity index (χ1n) is 7.92. The molecule has 2 aromatic rings. The molecule has 1 saturated carbocycles. The van der Waals surface area contributed by atoms with Gasteiger partial charge in [0.1, 0.15) is 5.25 Å². The van der Waals surface area contributed by atoms with Gasteiger partial charge in [-0.3, -0.25) is 4.79 Å². The summed E-state index contributed by atoms with van der Waals surface area (Å²) in [4.78, 5) is 16.9. The van der Waals surface area contributed by atoms with Crippen LogP contribution in [0.25, 0.3) is 0 Å². The zero-order valence-corrected chi connectivity index (χ0v) is 13.7. The van der Waals surface area contributed by atoms with E-state index in [0.717, 1.165) is 18.4 Å². The van der Waals surface area contributed by atoms with E-state index in [1.54, 1.807) is 0 Å². The summed E-state index contributed by atoms with van der Waals surface area (Å²) in [6.07, 6.45) is 5.76. The highest BCUT2D eigenvalue weighted by Crippen LogP contribution is 2.34. The number of hydrogen-bond acceptors (Lipinski definition) is 5. The van der Waals surface area contributed by atoms with Crippen LogP contribution in [0.1, 0.15) is 42.9 Å². The lowest BCUT2D eigenvalue weighted by molar-refractivity contribution is -0.121. The molecular weight excluding hydrogens is 310 g/mol. The van der Waals surface area contributed by atoms with E-state index in [4.69, 9.17) is 5.73 Å². The molecule has 1 atom stereocenters. The lowest BCUT2D eigenvalue weighted by Crippen LogP contribution is -2.38. The highest BCUT2D eigenvalue weighted by molar-refractivity contribution is 8.00. The normalized spacial score (nSPS) is 16.9. The number of H-pyrrole nitrogens is 1. The van der Waals surface area contributed by atoms with Crippen LogP contribution in [0.2, 0.25) is 0 Å². The third kappa shape index (κ3) is 4.25. The SMILES string of the molecule is Nc1nc(S[C@H](C(=O)NC2CCCCC2)c2ccccc2)n[nH]1. The van der Waals surface area contributed by atoms with E-state index in [-0.39, 0.29) is 23.1 Å². The molecule has 0 aliphatic heterocycles. The molecule has 1 aliphatic carbocycles. The second-order valence-electron chi connectivity index (χ2n) is 5.76. The Kier molecular flexibility index (Phi) is 5.17. The van der Waals surface area contributed by atoms with Crippen molar-refractivity contribution < 1.29 is 4.79 Å². The predicted molar refractivity (Wildman–Crippen MR) is 90.9 cm³/mol. The minimum absolute atomic E-state index is 0.0106. The third-order valence-corrected chi connectivity index (χ3v) is 5.11. The van der Waals surface area contributed by atoms with Crippen molar-refractivity contribution in [1.82, 2.24) is 20.5 Å². The molecule has 0 unspecified atom stereocenters. The lowest BCUT2D eigenvalue weighted by Gasteiger charge is -2.25. The number of aromatic nitrogens is 3. The summed E-state index contributed by atoms with van der Waals surface area (Å²) in [5, 5.41) is 9.93. The van der Waals surface area contributed by atoms with Crippen LogP contribution in [0.4, 0.5) is 5.95 Å². The molecule has 1 aromatic carbocycles. The third-order valence-electron chi connectivity index (χ3n) is 4.00. The monoisotopic (exact) mass is 331 g/mol. The van der Waals surface area contributed by atoms with E-state index in [9.17, 15) is 4.79 Å². The highest BCUT2D eigenvalue weighted by Gasteiger charge is 2.26. The van der Waals surface area contributed by atoms with Crippen LogP contribution in [0.5, 0.6) is 0 Å². The number of rotatable bonds is 5. The first-order chi connectivity index (χ1) is 11.2. The number of carbonyl (C=O) groups is 1. The van der Waals surface area contributed by atoms with E-state index >= 15 is 0 Å². The van der Waals surface area contributed by atoms with E-state index in [0.29, 0.717) is 5.16 Å². The predicted octanol–water partition coefficient (Wildman–Crippen LogP) is 2.67. The zero-order valence-electron chi connectivity index (χ0n) is 12.9. The number of nitrogens with one attached hydrogen (secondary N) is 2. The van der Waals surface area contributed by atoms with Gasteiger partial charge in [0.2, 0.25) is 17.0 Å². The molecule has 4 N–H and O–H groups in total. The van der Waals surface area contributed by atoms with Crippen molar-refractivity contribution >= 4 is 23.6 Å². The number of thioether (sulfide) groups is 1. The molecule has 1 heterocycles. The van der Waals surface area contributed by atoms with Crippen molar-refractivity contribution in [3.63, 3.8) is 0 Å². The second kappa shape index (κ2) is 7.50. The molecule has 1 fully saturated rings. The first kappa shape index (κ1) is 15.9. The fourth-order valence-corrected chi connectivity index (χ4v) is 3.77. The lowest BCUT2D eigenvalue weighted by atomic mass is 9.95. The van der Waals surface area contributed by atoms with Crippen molar-refractivity contribution in [2.45, 2.75) is 48.6 Å². The molecule has 0 bridgehead atoms. The van der Waals surface area contributed by atoms with Gasteiger partial charge in [0, 0.05) is 6.04 Å². The van der Waals surface area contributed by atoms with Crippen LogP contribution < -0.4 is 11.1 Å². The summed E-state index contributed by atoms with van der Waals surface area (Å²) >= 11 is 1.31. The Labute approximate surface area is 139 Å². The molecule has 3 rings (SSSR count). The highest BCUT2D eigenvalue weighted by atomic mass is 32.2. The largest absolute Gasteiger partial charge is 0.368 e. The van der Waals surface area contributed by atoms with Crippen LogP contribution in [-0.2, 0) is 4.79 Å². The minimum atomic E-state index is -0.381. The number of carbonyl (C=O) groups excluding carboxylic acids is 1. The van der Waals surface area contributed by atoms with Gasteiger partial charge in [-0.1, -0.05) is 61.4 Å². The smallest absolute Gasteiger partial charge is 0.238 e. The molecule has 6 nitrogen and oxygen atoms in total. The Balaban J connectivity index is 1.75. The molecular formula is C16H21N5OS. The number of anilines is 1. The van der Waals surface area contributed by atoms with Crippen LogP contribution in [0.15, 0.2) is 35.5 Å². The van der Waals surface area contributed by atoms with Crippen LogP contribution in [0, 0.1) is 0 Å². The maximum Gasteiger partial charge on any atom is 0.238 e. The summed E-state index contributed by atoms with van der Waals surface area (Å²) in [6, 6.07) is 9.99. The van der Waals surface area contributed by atoms with Crippen molar-refractivity contribution in [3.05, 3.63) is 35.9 Å². The van der Waals surface area contributed by atoms with Crippen LogP contribution in [-0.4, -0.2) is 27.1 Å². The molecule has 0 radical (unpaired) electrons. The van der Waals surface area contributed by atoms with Gasteiger partial charge in [-0.15, -0.1) is 5.10 Å². The van der Waals surface area contributed by atoms with Crippen molar-refractivity contribution in [3.8, 4) is 0 Å². The van der Waals surface area contributed by atoms with E-state index in [1.165, 1.54) is 31.0 Å². The fourth-order valence-electron chi connectivity index (χ4n) is 2.84. The Bertz CT molecular complexity index is 639. The fraction of sp³-hybridized carbons (Fsp3) is 0.438. The summed E-state index contributed by atoms with van der Waals surface area (Å²) < 4.78 is 0. The van der Waals surface area contributed by atoms with Gasteiger partial charge in [-0.25, -0.2) is 5.10 Å². The van der Waals surface area contributed by atoms with E-state index in [2.05, 4.69) is 20.5 Å². The Morgan fingerprint density at radius 1 is 1.26 bits per heavy atom. The second-order valence-corrected chi connectivity index (χ2v) is 6.83. The van der Waals surface area contributed by atoms with Gasteiger partial charge < -0.3 is 11.1 Å². The average molecular weight is 331 g/mol. The Morgan fingerprint density at radius 3 is 2.65 bits per heavy atom. The molecule has 1 amide bonds. The standard InChI is InChI=1S/C16H21N5OS/c17-15-19-16(21-20-15)23-13(11-7-3-1-4-8-11)14(22)18-12-9-5-2-6-10-12/h1,3-4,7-8,12-13H,2,5-6,9-10H2,(H,18,22)(H3,17,19,20,21)/t13-/m0/s1. The number of amides is 1. The van der Waals surface area contributed by atoms with Gasteiger partial charge in [0.15, 0.2) is 0 Å². The quantitative estimate of drug-likeness (QED) is 0.732. The zero-order chi connectivity index (χ0) is 16.1. The van der Waals surface area contributed by atoms with Gasteiger partial charge in [0.05, 0.1) is 0 Å². The summed E-state index contributed by atoms with van der Waals surface area (Å²) in [5.74, 6) is 0.267. The summed E-state index contributed by atoms with van der Waals surface area (Å²) in [6.45, 7) is 0. The minimum Gasteiger partial charge on any atom is -0.368 e. The van der Waals surface area contributed by atoms with Crippen LogP contribution in [0.3, 0.4) is 0 Å².